The topological polar surface area (TPSA) is 135 Å². The van der Waals surface area contributed by atoms with Gasteiger partial charge in [0.2, 0.25) is 0 Å². The van der Waals surface area contributed by atoms with Crippen LogP contribution in [0.25, 0.3) is 10.8 Å². The number of nitrogen functional groups attached to an aromatic ring is 1. The van der Waals surface area contributed by atoms with Crippen LogP contribution >= 0.6 is 0 Å². The van der Waals surface area contributed by atoms with Crippen LogP contribution in [-0.4, -0.2) is 38.9 Å². The van der Waals surface area contributed by atoms with E-state index in [-0.39, 0.29) is 10.3 Å². The van der Waals surface area contributed by atoms with Gasteiger partial charge in [0.05, 0.1) is 22.2 Å². The van der Waals surface area contributed by atoms with Gasteiger partial charge in [0, 0.05) is 11.1 Å². The van der Waals surface area contributed by atoms with E-state index in [9.17, 15) is 16.8 Å². The van der Waals surface area contributed by atoms with Crippen LogP contribution in [0, 0.1) is 0 Å². The molecular formula is C12H13NO6S2. The maximum Gasteiger partial charge on any atom is 0.294 e. The summed E-state index contributed by atoms with van der Waals surface area (Å²) in [5.74, 6) is -0.564. The van der Waals surface area contributed by atoms with Gasteiger partial charge in [-0.25, -0.2) is 8.42 Å². The molecule has 0 saturated carbocycles. The first-order chi connectivity index (χ1) is 9.65. The molecule has 0 spiro atoms. The Kier molecular flexibility index (Phi) is 3.93. The van der Waals surface area contributed by atoms with Gasteiger partial charge < -0.3 is 10.8 Å². The van der Waals surface area contributed by atoms with Crippen molar-refractivity contribution in [3.05, 3.63) is 30.3 Å². The molecule has 4 N–H and O–H groups in total. The first-order valence-corrected chi connectivity index (χ1v) is 8.89. The lowest BCUT2D eigenvalue weighted by molar-refractivity contribution is 0.319. The molecule has 2 aromatic rings. The SMILES string of the molecule is Nc1ccc2cc(S(=O)(=O)O)cc(S(=O)(=O)CCO)c2c1. The first kappa shape index (κ1) is 15.7. The molecule has 2 aromatic carbocycles. The van der Waals surface area contributed by atoms with Gasteiger partial charge in [0.15, 0.2) is 9.84 Å². The van der Waals surface area contributed by atoms with Crippen LogP contribution in [0.5, 0.6) is 0 Å². The lowest BCUT2D eigenvalue weighted by Crippen LogP contribution is -2.12. The van der Waals surface area contributed by atoms with Gasteiger partial charge in [0.1, 0.15) is 0 Å². The summed E-state index contributed by atoms with van der Waals surface area (Å²) in [6.45, 7) is -0.609. The Morgan fingerprint density at radius 3 is 2.29 bits per heavy atom. The standard InChI is InChI=1S/C12H13NO6S2/c13-9-2-1-8-5-10(21(17,18)19)7-12(11(8)6-9)20(15,16)4-3-14/h1-2,5-7,14H,3-4,13H2,(H,17,18,19). The normalized spacial score (nSPS) is 12.7. The van der Waals surface area contributed by atoms with E-state index in [1.807, 2.05) is 0 Å². The van der Waals surface area contributed by atoms with E-state index in [0.717, 1.165) is 12.1 Å². The average Bonchev–Trinajstić information content (AvgIpc) is 2.36. The van der Waals surface area contributed by atoms with E-state index in [1.54, 1.807) is 0 Å². The van der Waals surface area contributed by atoms with Gasteiger partial charge in [-0.2, -0.15) is 8.42 Å². The summed E-state index contributed by atoms with van der Waals surface area (Å²) in [5, 5.41) is 9.38. The van der Waals surface area contributed by atoms with E-state index in [0.29, 0.717) is 11.1 Å². The number of sulfone groups is 1. The maximum absolute atomic E-state index is 12.2. The number of aliphatic hydroxyl groups is 1. The van der Waals surface area contributed by atoms with Crippen LogP contribution in [-0.2, 0) is 20.0 Å². The Hall–Kier alpha value is -1.68. The minimum Gasteiger partial charge on any atom is -0.399 e. The number of nitrogens with two attached hydrogens (primary N) is 1. The van der Waals surface area contributed by atoms with Gasteiger partial charge in [-0.05, 0) is 29.7 Å². The number of anilines is 1. The van der Waals surface area contributed by atoms with Crippen molar-refractivity contribution < 1.29 is 26.5 Å². The van der Waals surface area contributed by atoms with Crippen LogP contribution in [0.3, 0.4) is 0 Å². The van der Waals surface area contributed by atoms with Crippen LogP contribution in [0.2, 0.25) is 0 Å². The zero-order chi connectivity index (χ0) is 15.8. The Bertz CT molecular complexity index is 903. The number of hydrogen-bond acceptors (Lipinski definition) is 6. The fraction of sp³-hybridized carbons (Fsp3) is 0.167. The molecule has 0 amide bonds. The molecule has 9 heteroatoms. The van der Waals surface area contributed by atoms with Crippen LogP contribution in [0.1, 0.15) is 0 Å². The molecule has 0 fully saturated rings. The lowest BCUT2D eigenvalue weighted by atomic mass is 10.1. The second-order valence-electron chi connectivity index (χ2n) is 4.42. The summed E-state index contributed by atoms with van der Waals surface area (Å²) in [4.78, 5) is -0.828. The van der Waals surface area contributed by atoms with E-state index in [1.165, 1.54) is 18.2 Å². The lowest BCUT2D eigenvalue weighted by Gasteiger charge is -2.10. The smallest absolute Gasteiger partial charge is 0.294 e. The fourth-order valence-electron chi connectivity index (χ4n) is 1.95. The zero-order valence-electron chi connectivity index (χ0n) is 10.7. The molecule has 0 aliphatic carbocycles. The molecule has 0 aliphatic heterocycles. The Balaban J connectivity index is 2.92. The van der Waals surface area contributed by atoms with Gasteiger partial charge >= 0.3 is 0 Å². The molecule has 0 atom stereocenters. The predicted molar refractivity (Wildman–Crippen MR) is 77.3 cm³/mol. The summed E-state index contributed by atoms with van der Waals surface area (Å²) in [6.07, 6.45) is 0. The van der Waals surface area contributed by atoms with E-state index < -0.39 is 37.2 Å². The van der Waals surface area contributed by atoms with Crippen molar-refractivity contribution in [2.45, 2.75) is 9.79 Å². The third kappa shape index (κ3) is 3.16. The van der Waals surface area contributed by atoms with Crippen molar-refractivity contribution in [2.75, 3.05) is 18.1 Å². The highest BCUT2D eigenvalue weighted by atomic mass is 32.2. The summed E-state index contributed by atoms with van der Waals surface area (Å²) < 4.78 is 56.0. The average molecular weight is 331 g/mol. The molecule has 7 nitrogen and oxygen atoms in total. The largest absolute Gasteiger partial charge is 0.399 e. The molecule has 2 rings (SSSR count). The second kappa shape index (κ2) is 5.26. The molecule has 0 unspecified atom stereocenters. The zero-order valence-corrected chi connectivity index (χ0v) is 12.4. The van der Waals surface area contributed by atoms with E-state index in [4.69, 9.17) is 15.4 Å². The summed E-state index contributed by atoms with van der Waals surface area (Å²) in [5.41, 5.74) is 5.93. The Morgan fingerprint density at radius 1 is 1.05 bits per heavy atom. The predicted octanol–water partition coefficient (Wildman–Crippen LogP) is 0.435. The Morgan fingerprint density at radius 2 is 1.71 bits per heavy atom. The molecule has 114 valence electrons. The number of benzene rings is 2. The monoisotopic (exact) mass is 331 g/mol. The molecular weight excluding hydrogens is 318 g/mol. The highest BCUT2D eigenvalue weighted by molar-refractivity contribution is 7.91. The number of fused-ring (bicyclic) bond motifs is 1. The maximum atomic E-state index is 12.2. The van der Waals surface area contributed by atoms with Gasteiger partial charge in [-0.15, -0.1) is 0 Å². The van der Waals surface area contributed by atoms with Gasteiger partial charge in [-0.3, -0.25) is 4.55 Å². The molecule has 0 bridgehead atoms. The van der Waals surface area contributed by atoms with Crippen LogP contribution in [0.15, 0.2) is 40.1 Å². The van der Waals surface area contributed by atoms with Gasteiger partial charge in [-0.1, -0.05) is 6.07 Å². The van der Waals surface area contributed by atoms with Crippen molar-refractivity contribution in [1.82, 2.24) is 0 Å². The Labute approximate surface area is 121 Å². The second-order valence-corrected chi connectivity index (χ2v) is 7.92. The molecule has 0 saturated heterocycles. The third-order valence-electron chi connectivity index (χ3n) is 2.91. The van der Waals surface area contributed by atoms with Crippen molar-refractivity contribution in [2.24, 2.45) is 0 Å². The highest BCUT2D eigenvalue weighted by Crippen LogP contribution is 2.29. The first-order valence-electron chi connectivity index (χ1n) is 5.79. The molecule has 0 aromatic heterocycles. The molecule has 0 aliphatic rings. The third-order valence-corrected chi connectivity index (χ3v) is 5.47. The van der Waals surface area contributed by atoms with Crippen LogP contribution < -0.4 is 5.73 Å². The fourth-order valence-corrected chi connectivity index (χ4v) is 3.85. The summed E-state index contributed by atoms with van der Waals surface area (Å²) >= 11 is 0. The van der Waals surface area contributed by atoms with Crippen molar-refractivity contribution in [1.29, 1.82) is 0 Å². The minimum absolute atomic E-state index is 0.232. The van der Waals surface area contributed by atoms with Crippen LogP contribution in [0.4, 0.5) is 5.69 Å². The van der Waals surface area contributed by atoms with E-state index >= 15 is 0 Å². The highest BCUT2D eigenvalue weighted by Gasteiger charge is 2.21. The number of aliphatic hydroxyl groups excluding tert-OH is 1. The van der Waals surface area contributed by atoms with E-state index in [2.05, 4.69) is 0 Å². The molecule has 0 radical (unpaired) electrons. The number of hydrogen-bond donors (Lipinski definition) is 3. The number of rotatable bonds is 4. The van der Waals surface area contributed by atoms with Crippen molar-refractivity contribution >= 4 is 36.4 Å². The van der Waals surface area contributed by atoms with Crippen molar-refractivity contribution in [3.63, 3.8) is 0 Å². The summed E-state index contributed by atoms with van der Waals surface area (Å²) in [7, 11) is -8.48. The minimum atomic E-state index is -4.56. The molecule has 0 heterocycles. The quantitative estimate of drug-likeness (QED) is 0.546. The molecule has 21 heavy (non-hydrogen) atoms. The summed E-state index contributed by atoms with van der Waals surface area (Å²) in [6, 6.07) is 6.35. The van der Waals surface area contributed by atoms with Crippen molar-refractivity contribution in [3.8, 4) is 0 Å². The van der Waals surface area contributed by atoms with Gasteiger partial charge in [0.25, 0.3) is 10.1 Å².